The highest BCUT2D eigenvalue weighted by Crippen LogP contribution is 2.25. The van der Waals surface area contributed by atoms with Crippen LogP contribution in [-0.2, 0) is 27.3 Å². The third kappa shape index (κ3) is 3.89. The highest BCUT2D eigenvalue weighted by Gasteiger charge is 2.40. The average molecular weight is 426 g/mol. The van der Waals surface area contributed by atoms with Gasteiger partial charge in [0.1, 0.15) is 19.1 Å². The van der Waals surface area contributed by atoms with Gasteiger partial charge in [0.2, 0.25) is 11.8 Å². The van der Waals surface area contributed by atoms with Gasteiger partial charge < -0.3 is 19.9 Å². The summed E-state index contributed by atoms with van der Waals surface area (Å²) in [5.41, 5.74) is 2.50. The Morgan fingerprint density at radius 2 is 1.83 bits per heavy atom. The van der Waals surface area contributed by atoms with Gasteiger partial charge in [-0.2, -0.15) is 0 Å². The second kappa shape index (κ2) is 8.20. The van der Waals surface area contributed by atoms with Gasteiger partial charge in [0.25, 0.3) is 0 Å². The van der Waals surface area contributed by atoms with E-state index in [0.29, 0.717) is 5.02 Å². The number of halogens is 1. The zero-order valence-corrected chi connectivity index (χ0v) is 16.8. The molecule has 8 heteroatoms. The molecule has 0 bridgehead atoms. The van der Waals surface area contributed by atoms with Gasteiger partial charge in [-0.25, -0.2) is 0 Å². The van der Waals surface area contributed by atoms with Gasteiger partial charge in [0.15, 0.2) is 0 Å². The van der Waals surface area contributed by atoms with Gasteiger partial charge in [-0.1, -0.05) is 48.0 Å². The molecule has 4 rings (SSSR count). The number of amides is 2. The number of benzene rings is 2. The molecular weight excluding hydrogens is 406 g/mol. The lowest BCUT2D eigenvalue weighted by Gasteiger charge is -2.39. The first kappa shape index (κ1) is 20.0. The Labute approximate surface area is 177 Å². The fourth-order valence-corrected chi connectivity index (χ4v) is 4.06. The van der Waals surface area contributed by atoms with Crippen LogP contribution in [-0.4, -0.2) is 56.8 Å². The van der Waals surface area contributed by atoms with Crippen LogP contribution in [0.25, 0.3) is 10.9 Å². The number of nitrogens with one attached hydrogen (secondary N) is 1. The van der Waals surface area contributed by atoms with Gasteiger partial charge in [-0.3, -0.25) is 14.4 Å². The summed E-state index contributed by atoms with van der Waals surface area (Å²) < 4.78 is 0. The topological polar surface area (TPSA) is 93.7 Å². The zero-order chi connectivity index (χ0) is 21.3. The van der Waals surface area contributed by atoms with Crippen molar-refractivity contribution < 1.29 is 19.5 Å². The Kier molecular flexibility index (Phi) is 5.46. The summed E-state index contributed by atoms with van der Waals surface area (Å²) in [7, 11) is 0. The molecule has 154 valence electrons. The van der Waals surface area contributed by atoms with E-state index < -0.39 is 24.5 Å². The summed E-state index contributed by atoms with van der Waals surface area (Å²) in [5, 5.41) is 10.7. The van der Waals surface area contributed by atoms with E-state index in [1.807, 2.05) is 30.3 Å². The van der Waals surface area contributed by atoms with E-state index in [4.69, 9.17) is 11.6 Å². The first-order valence-corrected chi connectivity index (χ1v) is 9.90. The Balaban J connectivity index is 1.65. The van der Waals surface area contributed by atoms with E-state index in [2.05, 4.69) is 4.98 Å². The van der Waals surface area contributed by atoms with Crippen molar-refractivity contribution in [1.82, 2.24) is 14.8 Å². The van der Waals surface area contributed by atoms with Gasteiger partial charge >= 0.3 is 5.97 Å². The summed E-state index contributed by atoms with van der Waals surface area (Å²) >= 11 is 6.23. The number of para-hydroxylation sites is 1. The van der Waals surface area contributed by atoms with Gasteiger partial charge in [-0.15, -0.1) is 0 Å². The standard InChI is InChI=1S/C22H20ClN3O4/c23-17-7-3-1-5-14(17)11-25-12-20(27)26(13-21(28)29)19(22(25)30)9-15-10-24-18-8-4-2-6-16(15)18/h1-8,10,19,24H,9,11-13H2,(H,28,29). The number of carboxylic acids is 1. The highest BCUT2D eigenvalue weighted by molar-refractivity contribution is 6.31. The summed E-state index contributed by atoms with van der Waals surface area (Å²) in [5.74, 6) is -1.84. The summed E-state index contributed by atoms with van der Waals surface area (Å²) in [4.78, 5) is 43.2. The van der Waals surface area contributed by atoms with Gasteiger partial charge in [0.05, 0.1) is 0 Å². The molecule has 0 saturated carbocycles. The number of carbonyl (C=O) groups is 3. The van der Waals surface area contributed by atoms with Crippen molar-refractivity contribution in [1.29, 1.82) is 0 Å². The molecule has 1 fully saturated rings. The van der Waals surface area contributed by atoms with Crippen LogP contribution in [0.4, 0.5) is 0 Å². The van der Waals surface area contributed by atoms with E-state index in [1.54, 1.807) is 24.4 Å². The molecule has 7 nitrogen and oxygen atoms in total. The quantitative estimate of drug-likeness (QED) is 0.635. The number of aromatic amines is 1. The van der Waals surface area contributed by atoms with Crippen LogP contribution in [0, 0.1) is 0 Å². The van der Waals surface area contributed by atoms with Crippen LogP contribution in [0.15, 0.2) is 54.7 Å². The molecule has 0 aliphatic carbocycles. The van der Waals surface area contributed by atoms with Crippen molar-refractivity contribution in [3.05, 3.63) is 70.9 Å². The molecule has 1 aliphatic heterocycles. The fourth-order valence-electron chi connectivity index (χ4n) is 3.87. The number of carbonyl (C=O) groups excluding carboxylic acids is 2. The average Bonchev–Trinajstić information content (AvgIpc) is 3.13. The van der Waals surface area contributed by atoms with Crippen LogP contribution < -0.4 is 0 Å². The maximum atomic E-state index is 13.3. The smallest absolute Gasteiger partial charge is 0.323 e. The van der Waals surface area contributed by atoms with Crippen molar-refractivity contribution in [3.63, 3.8) is 0 Å². The van der Waals surface area contributed by atoms with E-state index in [0.717, 1.165) is 26.9 Å². The number of rotatable bonds is 6. The van der Waals surface area contributed by atoms with Crippen molar-refractivity contribution in [3.8, 4) is 0 Å². The monoisotopic (exact) mass is 425 g/mol. The van der Waals surface area contributed by atoms with Crippen LogP contribution >= 0.6 is 11.6 Å². The van der Waals surface area contributed by atoms with E-state index in [-0.39, 0.29) is 25.4 Å². The van der Waals surface area contributed by atoms with E-state index in [9.17, 15) is 19.5 Å². The molecule has 3 aromatic rings. The second-order valence-corrected chi connectivity index (χ2v) is 7.69. The largest absolute Gasteiger partial charge is 0.480 e. The van der Waals surface area contributed by atoms with Gasteiger partial charge in [-0.05, 0) is 23.3 Å². The molecule has 0 radical (unpaired) electrons. The third-order valence-electron chi connectivity index (χ3n) is 5.33. The zero-order valence-electron chi connectivity index (χ0n) is 16.0. The second-order valence-electron chi connectivity index (χ2n) is 7.28. The number of carboxylic acid groups (broad SMARTS) is 1. The predicted octanol–water partition coefficient (Wildman–Crippen LogP) is 2.69. The number of H-pyrrole nitrogens is 1. The maximum absolute atomic E-state index is 13.3. The minimum Gasteiger partial charge on any atom is -0.480 e. The first-order valence-electron chi connectivity index (χ1n) is 9.52. The fraction of sp³-hybridized carbons (Fsp3) is 0.227. The van der Waals surface area contributed by atoms with Crippen molar-refractivity contribution in [2.24, 2.45) is 0 Å². The highest BCUT2D eigenvalue weighted by atomic mass is 35.5. The summed E-state index contributed by atoms with van der Waals surface area (Å²) in [6.45, 7) is -0.505. The van der Waals surface area contributed by atoms with Crippen LogP contribution in [0.5, 0.6) is 0 Å². The lowest BCUT2D eigenvalue weighted by molar-refractivity contribution is -0.160. The summed E-state index contributed by atoms with van der Waals surface area (Å²) in [6, 6.07) is 13.9. The lowest BCUT2D eigenvalue weighted by Crippen LogP contribution is -2.61. The molecule has 2 N–H and O–H groups in total. The van der Waals surface area contributed by atoms with E-state index >= 15 is 0 Å². The van der Waals surface area contributed by atoms with Crippen molar-refractivity contribution >= 4 is 40.3 Å². The SMILES string of the molecule is O=C(O)CN1C(=O)CN(Cc2ccccc2Cl)C(=O)C1Cc1c[nH]c2ccccc12. The Hall–Kier alpha value is -3.32. The predicted molar refractivity (Wildman–Crippen MR) is 112 cm³/mol. The molecule has 2 amide bonds. The maximum Gasteiger partial charge on any atom is 0.323 e. The number of aromatic nitrogens is 1. The first-order chi connectivity index (χ1) is 14.4. The normalized spacial score (nSPS) is 17.0. The lowest BCUT2D eigenvalue weighted by atomic mass is 9.99. The minimum absolute atomic E-state index is 0.179. The Morgan fingerprint density at radius 3 is 2.60 bits per heavy atom. The number of hydrogen-bond donors (Lipinski definition) is 2. The molecular formula is C22H20ClN3O4. The number of aliphatic carboxylic acids is 1. The van der Waals surface area contributed by atoms with Crippen molar-refractivity contribution in [2.45, 2.75) is 19.0 Å². The number of hydrogen-bond acceptors (Lipinski definition) is 3. The van der Waals surface area contributed by atoms with Gasteiger partial charge in [0, 0.05) is 35.1 Å². The molecule has 1 aromatic heterocycles. The molecule has 2 aromatic carbocycles. The Bertz CT molecular complexity index is 1130. The molecule has 30 heavy (non-hydrogen) atoms. The third-order valence-corrected chi connectivity index (χ3v) is 5.70. The number of fused-ring (bicyclic) bond motifs is 1. The minimum atomic E-state index is -1.15. The summed E-state index contributed by atoms with van der Waals surface area (Å²) in [6.07, 6.45) is 2.02. The van der Waals surface area contributed by atoms with E-state index in [1.165, 1.54) is 4.90 Å². The molecule has 2 heterocycles. The molecule has 1 aliphatic rings. The van der Waals surface area contributed by atoms with Crippen LogP contribution in [0.1, 0.15) is 11.1 Å². The van der Waals surface area contributed by atoms with Crippen LogP contribution in [0.3, 0.4) is 0 Å². The molecule has 1 unspecified atom stereocenters. The van der Waals surface area contributed by atoms with Crippen molar-refractivity contribution in [2.75, 3.05) is 13.1 Å². The Morgan fingerprint density at radius 1 is 1.10 bits per heavy atom. The number of nitrogens with zero attached hydrogens (tertiary/aromatic N) is 2. The molecule has 1 atom stereocenters. The number of piperazine rings is 1. The molecule has 1 saturated heterocycles. The van der Waals surface area contributed by atoms with Crippen LogP contribution in [0.2, 0.25) is 5.02 Å². The molecule has 0 spiro atoms.